The van der Waals surface area contributed by atoms with Crippen LogP contribution in [0.25, 0.3) is 0 Å². The van der Waals surface area contributed by atoms with Crippen LogP contribution < -0.4 is 10.7 Å². The van der Waals surface area contributed by atoms with Gasteiger partial charge in [-0.2, -0.15) is 5.10 Å². The molecular weight excluding hydrogens is 398 g/mol. The van der Waals surface area contributed by atoms with E-state index in [-0.39, 0.29) is 36.1 Å². The summed E-state index contributed by atoms with van der Waals surface area (Å²) in [7, 11) is 0. The molecule has 1 aliphatic carbocycles. The molecule has 30 heavy (non-hydrogen) atoms. The van der Waals surface area contributed by atoms with Crippen LogP contribution in [0.1, 0.15) is 45.1 Å². The maximum atomic E-state index is 13.4. The number of nitrogens with zero attached hydrogens (tertiary/aromatic N) is 3. The molecular formula is C22H31N5O2S. The minimum atomic E-state index is -0.253. The maximum Gasteiger partial charge on any atom is 0.230 e. The number of thioether (sulfide) groups is 1. The second-order valence-corrected chi connectivity index (χ2v) is 9.48. The fraction of sp³-hybridized carbons (Fsp3) is 0.591. The van der Waals surface area contributed by atoms with Crippen LogP contribution in [0.15, 0.2) is 35.4 Å². The average Bonchev–Trinajstić information content (AvgIpc) is 3.16. The number of amides is 2. The molecule has 1 aromatic rings. The largest absolute Gasteiger partial charge is 0.353 e. The zero-order valence-electron chi connectivity index (χ0n) is 17.7. The highest BCUT2D eigenvalue weighted by Crippen LogP contribution is 2.38. The van der Waals surface area contributed by atoms with Crippen molar-refractivity contribution >= 4 is 28.7 Å². The molecule has 0 spiro atoms. The lowest BCUT2D eigenvalue weighted by atomic mass is 9.81. The van der Waals surface area contributed by atoms with E-state index < -0.39 is 0 Å². The summed E-state index contributed by atoms with van der Waals surface area (Å²) < 4.78 is 0. The van der Waals surface area contributed by atoms with Gasteiger partial charge in [-0.3, -0.25) is 15.0 Å². The van der Waals surface area contributed by atoms with Crippen molar-refractivity contribution in [2.45, 2.75) is 64.3 Å². The van der Waals surface area contributed by atoms with Gasteiger partial charge in [-0.1, -0.05) is 54.9 Å². The lowest BCUT2D eigenvalue weighted by molar-refractivity contribution is -0.155. The van der Waals surface area contributed by atoms with E-state index >= 15 is 0 Å². The molecule has 162 valence electrons. The highest BCUT2D eigenvalue weighted by Gasteiger charge is 2.50. The minimum absolute atomic E-state index is 0.00960. The molecule has 2 N–H and O–H groups in total. The summed E-state index contributed by atoms with van der Waals surface area (Å²) in [6, 6.07) is 10.6. The van der Waals surface area contributed by atoms with Gasteiger partial charge in [-0.15, -0.1) is 0 Å². The summed E-state index contributed by atoms with van der Waals surface area (Å²) in [6.45, 7) is 4.57. The average molecular weight is 430 g/mol. The molecule has 1 saturated carbocycles. The summed E-state index contributed by atoms with van der Waals surface area (Å²) in [6.07, 6.45) is 4.72. The first kappa shape index (κ1) is 21.0. The van der Waals surface area contributed by atoms with Gasteiger partial charge in [0.25, 0.3) is 0 Å². The molecule has 8 heteroatoms. The van der Waals surface area contributed by atoms with Crippen LogP contribution in [0, 0.1) is 5.92 Å². The van der Waals surface area contributed by atoms with E-state index in [2.05, 4.69) is 32.9 Å². The van der Waals surface area contributed by atoms with Gasteiger partial charge in [-0.25, -0.2) is 0 Å². The van der Waals surface area contributed by atoms with Crippen molar-refractivity contribution in [1.29, 1.82) is 0 Å². The van der Waals surface area contributed by atoms with E-state index in [4.69, 9.17) is 0 Å². The number of hydrogen-bond donors (Lipinski definition) is 2. The number of carbonyl (C=O) groups excluding carboxylic acids is 2. The smallest absolute Gasteiger partial charge is 0.230 e. The molecule has 2 heterocycles. The maximum absolute atomic E-state index is 13.4. The third-order valence-electron chi connectivity index (χ3n) is 6.01. The van der Waals surface area contributed by atoms with E-state index in [1.807, 2.05) is 36.9 Å². The van der Waals surface area contributed by atoms with Gasteiger partial charge in [0.1, 0.15) is 0 Å². The number of nitrogens with one attached hydrogen (secondary N) is 2. The Kier molecular flexibility index (Phi) is 6.51. The molecule has 0 bridgehead atoms. The predicted octanol–water partition coefficient (Wildman–Crippen LogP) is 2.35. The van der Waals surface area contributed by atoms with Crippen LogP contribution in [-0.4, -0.2) is 57.5 Å². The van der Waals surface area contributed by atoms with Gasteiger partial charge in [0.05, 0.1) is 11.7 Å². The molecule has 7 nitrogen and oxygen atoms in total. The fourth-order valence-corrected chi connectivity index (χ4v) is 5.52. The quantitative estimate of drug-likeness (QED) is 0.726. The molecule has 2 amide bonds. The fourth-order valence-electron chi connectivity index (χ4n) is 4.67. The Morgan fingerprint density at radius 3 is 2.80 bits per heavy atom. The number of hydrazone groups is 1. The van der Waals surface area contributed by atoms with Crippen molar-refractivity contribution in [3.8, 4) is 0 Å². The van der Waals surface area contributed by atoms with Gasteiger partial charge in [0.2, 0.25) is 11.8 Å². The Hall–Kier alpha value is -2.22. The zero-order valence-corrected chi connectivity index (χ0v) is 18.5. The number of carbonyl (C=O) groups is 2. The van der Waals surface area contributed by atoms with Gasteiger partial charge >= 0.3 is 0 Å². The van der Waals surface area contributed by atoms with Gasteiger partial charge in [0, 0.05) is 18.6 Å². The summed E-state index contributed by atoms with van der Waals surface area (Å²) in [5.41, 5.74) is 4.41. The second kappa shape index (κ2) is 9.29. The third-order valence-corrected chi connectivity index (χ3v) is 6.98. The molecule has 1 aromatic carbocycles. The number of amidine groups is 1. The van der Waals surface area contributed by atoms with Crippen LogP contribution >= 0.6 is 11.8 Å². The molecule has 3 atom stereocenters. The Balaban J connectivity index is 1.48. The van der Waals surface area contributed by atoms with E-state index in [9.17, 15) is 9.59 Å². The minimum Gasteiger partial charge on any atom is -0.353 e. The molecule has 3 unspecified atom stereocenters. The summed E-state index contributed by atoms with van der Waals surface area (Å²) >= 11 is 1.46. The van der Waals surface area contributed by atoms with Gasteiger partial charge < -0.3 is 15.1 Å². The lowest BCUT2D eigenvalue weighted by Gasteiger charge is -2.50. The number of benzene rings is 1. The highest BCUT2D eigenvalue weighted by molar-refractivity contribution is 8.14. The number of hydrogen-bond acceptors (Lipinski definition) is 6. The Bertz CT molecular complexity index is 800. The molecule has 4 rings (SSSR count). The summed E-state index contributed by atoms with van der Waals surface area (Å²) in [5.74, 6) is 0.594. The second-order valence-electron chi connectivity index (χ2n) is 8.54. The van der Waals surface area contributed by atoms with Crippen LogP contribution in [0.4, 0.5) is 0 Å². The SMILES string of the molecule is CC(C)NC(=O)CSC1=NNC2N(CCc3ccccc3)C(=O)C3CCCCC3N12. The molecule has 1 saturated heterocycles. The molecule has 0 radical (unpaired) electrons. The van der Waals surface area contributed by atoms with Crippen molar-refractivity contribution in [2.75, 3.05) is 12.3 Å². The van der Waals surface area contributed by atoms with Crippen molar-refractivity contribution in [1.82, 2.24) is 20.5 Å². The van der Waals surface area contributed by atoms with Crippen molar-refractivity contribution in [3.63, 3.8) is 0 Å². The van der Waals surface area contributed by atoms with Gasteiger partial charge in [0.15, 0.2) is 11.5 Å². The highest BCUT2D eigenvalue weighted by atomic mass is 32.2. The Morgan fingerprint density at radius 1 is 1.27 bits per heavy atom. The number of rotatable bonds is 6. The van der Waals surface area contributed by atoms with Crippen LogP contribution in [0.5, 0.6) is 0 Å². The Labute approximate surface area is 182 Å². The van der Waals surface area contributed by atoms with Gasteiger partial charge in [-0.05, 0) is 38.7 Å². The lowest BCUT2D eigenvalue weighted by Crippen LogP contribution is -2.67. The molecule has 3 aliphatic rings. The van der Waals surface area contributed by atoms with E-state index in [1.165, 1.54) is 17.3 Å². The monoisotopic (exact) mass is 429 g/mol. The predicted molar refractivity (Wildman–Crippen MR) is 120 cm³/mol. The van der Waals surface area contributed by atoms with Crippen LogP contribution in [-0.2, 0) is 16.0 Å². The first-order valence-electron chi connectivity index (χ1n) is 10.9. The topological polar surface area (TPSA) is 77.0 Å². The summed E-state index contributed by atoms with van der Waals surface area (Å²) in [5, 5.41) is 8.30. The number of fused-ring (bicyclic) bond motifs is 3. The molecule has 2 aliphatic heterocycles. The molecule has 2 fully saturated rings. The summed E-state index contributed by atoms with van der Waals surface area (Å²) in [4.78, 5) is 29.7. The third kappa shape index (κ3) is 4.43. The normalized spacial score (nSPS) is 25.5. The van der Waals surface area contributed by atoms with E-state index in [1.54, 1.807) is 0 Å². The first-order valence-corrected chi connectivity index (χ1v) is 11.9. The van der Waals surface area contributed by atoms with Crippen molar-refractivity contribution in [3.05, 3.63) is 35.9 Å². The van der Waals surface area contributed by atoms with E-state index in [0.717, 1.165) is 37.3 Å². The zero-order chi connectivity index (χ0) is 21.1. The molecule has 0 aromatic heterocycles. The van der Waals surface area contributed by atoms with Crippen LogP contribution in [0.3, 0.4) is 0 Å². The van der Waals surface area contributed by atoms with Crippen LogP contribution in [0.2, 0.25) is 0 Å². The van der Waals surface area contributed by atoms with Crippen molar-refractivity contribution in [2.24, 2.45) is 11.0 Å². The standard InChI is InChI=1S/C22H31N5O2S/c1-15(2)23-19(28)14-30-22-25-24-21-26(13-12-16-8-4-3-5-9-16)20(29)17-10-6-7-11-18(17)27(21)22/h3-5,8-9,15,17-18,21,24H,6-7,10-14H2,1-2H3,(H,23,28). The first-order chi connectivity index (χ1) is 14.5. The van der Waals surface area contributed by atoms with E-state index in [0.29, 0.717) is 12.3 Å². The van der Waals surface area contributed by atoms with Crippen molar-refractivity contribution < 1.29 is 9.59 Å². The Morgan fingerprint density at radius 2 is 2.03 bits per heavy atom.